The van der Waals surface area contributed by atoms with Crippen LogP contribution < -0.4 is 14.9 Å². The van der Waals surface area contributed by atoms with E-state index < -0.39 is 0 Å². The summed E-state index contributed by atoms with van der Waals surface area (Å²) in [5.74, 6) is 1.58. The summed E-state index contributed by atoms with van der Waals surface area (Å²) < 4.78 is 10.6. The van der Waals surface area contributed by atoms with E-state index in [0.29, 0.717) is 12.8 Å². The Balaban J connectivity index is 2.79. The van der Waals surface area contributed by atoms with E-state index in [-0.39, 0.29) is 5.91 Å². The zero-order valence-electron chi connectivity index (χ0n) is 12.2. The Kier molecular flexibility index (Phi) is 5.63. The zero-order valence-corrected chi connectivity index (χ0v) is 12.2. The molecule has 0 aliphatic carbocycles. The van der Waals surface area contributed by atoms with Crippen molar-refractivity contribution in [2.45, 2.75) is 19.8 Å². The molecule has 0 unspecified atom stereocenters. The van der Waals surface area contributed by atoms with Crippen LogP contribution in [-0.2, 0) is 11.2 Å². The highest BCUT2D eigenvalue weighted by Gasteiger charge is 2.10. The number of rotatable bonds is 6. The molecule has 0 fully saturated rings. The van der Waals surface area contributed by atoms with E-state index in [1.807, 2.05) is 19.1 Å². The van der Waals surface area contributed by atoms with E-state index in [2.05, 4.69) is 5.43 Å². The fraction of sp³-hybridized carbons (Fsp3) is 0.500. The molecule has 0 saturated carbocycles. The standard InChI is InChI=1S/C14H22N2O3/c1-10-8-13(19-5)11(9-12(10)18-4)6-7-14(17)15-16(2)3/h8-9H,6-7H2,1-5H3,(H,15,17). The van der Waals surface area contributed by atoms with Crippen molar-refractivity contribution >= 4 is 5.91 Å². The number of nitrogens with one attached hydrogen (secondary N) is 1. The third-order valence-electron chi connectivity index (χ3n) is 2.77. The quantitative estimate of drug-likeness (QED) is 0.794. The predicted octanol–water partition coefficient (Wildman–Crippen LogP) is 1.54. The van der Waals surface area contributed by atoms with Gasteiger partial charge in [-0.15, -0.1) is 0 Å². The molecule has 5 heteroatoms. The Morgan fingerprint density at radius 2 is 1.84 bits per heavy atom. The molecule has 0 aliphatic rings. The topological polar surface area (TPSA) is 50.8 Å². The number of hydrazine groups is 1. The lowest BCUT2D eigenvalue weighted by molar-refractivity contribution is -0.124. The average Bonchev–Trinajstić information content (AvgIpc) is 2.35. The normalized spacial score (nSPS) is 10.4. The molecule has 0 saturated heterocycles. The fourth-order valence-corrected chi connectivity index (χ4v) is 1.86. The Labute approximate surface area is 114 Å². The van der Waals surface area contributed by atoms with E-state index in [9.17, 15) is 4.79 Å². The molecule has 1 amide bonds. The van der Waals surface area contributed by atoms with Crippen molar-refractivity contribution in [2.24, 2.45) is 0 Å². The maximum Gasteiger partial charge on any atom is 0.234 e. The molecule has 1 N–H and O–H groups in total. The lowest BCUT2D eigenvalue weighted by Crippen LogP contribution is -2.36. The predicted molar refractivity (Wildman–Crippen MR) is 74.4 cm³/mol. The number of hydrogen-bond donors (Lipinski definition) is 1. The van der Waals surface area contributed by atoms with Crippen LogP contribution in [0.3, 0.4) is 0 Å². The van der Waals surface area contributed by atoms with Gasteiger partial charge in [0.05, 0.1) is 14.2 Å². The lowest BCUT2D eigenvalue weighted by atomic mass is 10.0. The highest BCUT2D eigenvalue weighted by Crippen LogP contribution is 2.29. The number of methoxy groups -OCH3 is 2. The minimum atomic E-state index is -0.0217. The summed E-state index contributed by atoms with van der Waals surface area (Å²) in [6, 6.07) is 3.86. The molecule has 0 spiro atoms. The summed E-state index contributed by atoms with van der Waals surface area (Å²) in [6.07, 6.45) is 1.01. The Bertz CT molecular complexity index is 445. The van der Waals surface area contributed by atoms with Gasteiger partial charge < -0.3 is 9.47 Å². The summed E-state index contributed by atoms with van der Waals surface area (Å²) in [5, 5.41) is 1.63. The van der Waals surface area contributed by atoms with Crippen LogP contribution in [0, 0.1) is 6.92 Å². The number of hydrogen-bond acceptors (Lipinski definition) is 4. The molecule has 1 rings (SSSR count). The maximum atomic E-state index is 11.6. The molecule has 5 nitrogen and oxygen atoms in total. The minimum Gasteiger partial charge on any atom is -0.496 e. The highest BCUT2D eigenvalue weighted by atomic mass is 16.5. The van der Waals surface area contributed by atoms with Gasteiger partial charge in [0.2, 0.25) is 5.91 Å². The highest BCUT2D eigenvalue weighted by molar-refractivity contribution is 5.75. The molecule has 0 bridgehead atoms. The molecular formula is C14H22N2O3. The number of aryl methyl sites for hydroxylation is 2. The second kappa shape index (κ2) is 6.99. The molecule has 1 aromatic carbocycles. The van der Waals surface area contributed by atoms with Gasteiger partial charge in [-0.3, -0.25) is 10.2 Å². The number of benzene rings is 1. The van der Waals surface area contributed by atoms with Crippen LogP contribution in [0.4, 0.5) is 0 Å². The van der Waals surface area contributed by atoms with E-state index in [1.165, 1.54) is 0 Å². The first-order valence-corrected chi connectivity index (χ1v) is 6.16. The molecule has 1 aromatic rings. The van der Waals surface area contributed by atoms with Crippen molar-refractivity contribution in [3.63, 3.8) is 0 Å². The van der Waals surface area contributed by atoms with Crippen LogP contribution in [0.2, 0.25) is 0 Å². The number of carbonyl (C=O) groups excluding carboxylic acids is 1. The van der Waals surface area contributed by atoms with Crippen molar-refractivity contribution < 1.29 is 14.3 Å². The average molecular weight is 266 g/mol. The van der Waals surface area contributed by atoms with Crippen LogP contribution in [0.1, 0.15) is 17.5 Å². The third kappa shape index (κ3) is 4.44. The summed E-state index contributed by atoms with van der Waals surface area (Å²) in [6.45, 7) is 1.96. The molecule has 0 heterocycles. The minimum absolute atomic E-state index is 0.0217. The van der Waals surface area contributed by atoms with E-state index in [4.69, 9.17) is 9.47 Å². The van der Waals surface area contributed by atoms with Gasteiger partial charge in [-0.2, -0.15) is 0 Å². The van der Waals surface area contributed by atoms with E-state index in [0.717, 1.165) is 22.6 Å². The Morgan fingerprint density at radius 3 is 2.37 bits per heavy atom. The molecular weight excluding hydrogens is 244 g/mol. The largest absolute Gasteiger partial charge is 0.496 e. The van der Waals surface area contributed by atoms with Crippen molar-refractivity contribution in [1.82, 2.24) is 10.4 Å². The van der Waals surface area contributed by atoms with E-state index >= 15 is 0 Å². The maximum absolute atomic E-state index is 11.6. The first-order valence-electron chi connectivity index (χ1n) is 6.16. The van der Waals surface area contributed by atoms with Crippen LogP contribution in [-0.4, -0.2) is 39.2 Å². The molecule has 0 aliphatic heterocycles. The van der Waals surface area contributed by atoms with Crippen molar-refractivity contribution in [3.8, 4) is 11.5 Å². The van der Waals surface area contributed by atoms with Gasteiger partial charge in [0.1, 0.15) is 11.5 Å². The second-order valence-corrected chi connectivity index (χ2v) is 4.56. The lowest BCUT2D eigenvalue weighted by Gasteiger charge is -2.14. The summed E-state index contributed by atoms with van der Waals surface area (Å²) in [5.41, 5.74) is 4.70. The zero-order chi connectivity index (χ0) is 14.4. The summed E-state index contributed by atoms with van der Waals surface area (Å²) >= 11 is 0. The van der Waals surface area contributed by atoms with Gasteiger partial charge >= 0.3 is 0 Å². The monoisotopic (exact) mass is 266 g/mol. The Hall–Kier alpha value is -1.75. The second-order valence-electron chi connectivity index (χ2n) is 4.56. The molecule has 0 radical (unpaired) electrons. The number of amides is 1. The smallest absolute Gasteiger partial charge is 0.234 e. The molecule has 0 aromatic heterocycles. The van der Waals surface area contributed by atoms with Gasteiger partial charge in [-0.25, -0.2) is 5.01 Å². The first kappa shape index (κ1) is 15.3. The molecule has 19 heavy (non-hydrogen) atoms. The van der Waals surface area contributed by atoms with Crippen molar-refractivity contribution in [1.29, 1.82) is 0 Å². The van der Waals surface area contributed by atoms with Gasteiger partial charge in [-0.1, -0.05) is 0 Å². The van der Waals surface area contributed by atoms with Crippen LogP contribution >= 0.6 is 0 Å². The fourth-order valence-electron chi connectivity index (χ4n) is 1.86. The SMILES string of the molecule is COc1cc(CCC(=O)NN(C)C)c(OC)cc1C. The summed E-state index contributed by atoms with van der Waals surface area (Å²) in [7, 11) is 6.84. The van der Waals surface area contributed by atoms with Crippen molar-refractivity contribution in [2.75, 3.05) is 28.3 Å². The van der Waals surface area contributed by atoms with Crippen molar-refractivity contribution in [3.05, 3.63) is 23.3 Å². The third-order valence-corrected chi connectivity index (χ3v) is 2.77. The Morgan fingerprint density at radius 1 is 1.21 bits per heavy atom. The van der Waals surface area contributed by atoms with Crippen LogP contribution in [0.5, 0.6) is 11.5 Å². The molecule has 0 atom stereocenters. The van der Waals surface area contributed by atoms with Gasteiger partial charge in [-0.05, 0) is 36.6 Å². The number of carbonyl (C=O) groups is 1. The van der Waals surface area contributed by atoms with E-state index in [1.54, 1.807) is 33.3 Å². The molecule has 106 valence electrons. The first-order chi connectivity index (χ1) is 8.97. The van der Waals surface area contributed by atoms with Gasteiger partial charge in [0.15, 0.2) is 0 Å². The van der Waals surface area contributed by atoms with Gasteiger partial charge in [0.25, 0.3) is 0 Å². The van der Waals surface area contributed by atoms with Crippen LogP contribution in [0.15, 0.2) is 12.1 Å². The summed E-state index contributed by atoms with van der Waals surface area (Å²) in [4.78, 5) is 11.6. The number of ether oxygens (including phenoxy) is 2. The van der Waals surface area contributed by atoms with Gasteiger partial charge in [0, 0.05) is 20.5 Å². The van der Waals surface area contributed by atoms with Crippen LogP contribution in [0.25, 0.3) is 0 Å². The number of nitrogens with zero attached hydrogens (tertiary/aromatic N) is 1.